The number of hydrogen-bond donors (Lipinski definition) is 0. The molecule has 0 N–H and O–H groups in total. The van der Waals surface area contributed by atoms with E-state index in [1.54, 1.807) is 0 Å². The molecule has 0 saturated heterocycles. The van der Waals surface area contributed by atoms with Gasteiger partial charge < -0.3 is 0 Å². The van der Waals surface area contributed by atoms with E-state index in [-0.39, 0.29) is 0 Å². The molecule has 0 heterocycles. The smallest absolute Gasteiger partial charge is 0.0667 e. The molecule has 1 rings (SSSR count). The van der Waals surface area contributed by atoms with Gasteiger partial charge in [0.2, 0.25) is 0 Å². The minimum Gasteiger partial charge on any atom is -0.0667 e. The minimum atomic E-state index is 1.06. The van der Waals surface area contributed by atoms with E-state index in [1.807, 2.05) is 0 Å². The maximum Gasteiger partial charge on any atom is 0.105 e. The fourth-order valence-corrected chi connectivity index (χ4v) is 0.968. The van der Waals surface area contributed by atoms with Gasteiger partial charge in [0, 0.05) is 0 Å². The Balaban J connectivity index is 2.09. The van der Waals surface area contributed by atoms with Crippen molar-refractivity contribution in [2.45, 2.75) is 25.6 Å². The molecule has 0 aromatic carbocycles. The van der Waals surface area contributed by atoms with Gasteiger partial charge in [0.25, 0.3) is 0 Å². The van der Waals surface area contributed by atoms with Crippen LogP contribution >= 0.6 is 0 Å². The topological polar surface area (TPSA) is 0 Å². The first-order valence-electron chi connectivity index (χ1n) is 2.84. The van der Waals surface area contributed by atoms with Crippen molar-refractivity contribution in [2.24, 2.45) is 5.92 Å². The van der Waals surface area contributed by atoms with Crippen molar-refractivity contribution in [3.05, 3.63) is 0 Å². The molecule has 1 fully saturated rings. The zero-order valence-electron chi connectivity index (χ0n) is 4.57. The summed E-state index contributed by atoms with van der Waals surface area (Å²) in [4.78, 5) is 0. The first-order valence-corrected chi connectivity index (χ1v) is 2.84. The first-order chi connectivity index (χ1) is 2.84. The summed E-state index contributed by atoms with van der Waals surface area (Å²) in [6.07, 6.45) is 2.90. The summed E-state index contributed by atoms with van der Waals surface area (Å²) >= 11 is 0. The van der Waals surface area contributed by atoms with Crippen LogP contribution in [0.4, 0.5) is 0 Å². The molecule has 6 heavy (non-hydrogen) atoms. The Morgan fingerprint density at radius 1 is 1.83 bits per heavy atom. The second-order valence-electron chi connectivity index (χ2n) is 2.38. The van der Waals surface area contributed by atoms with Gasteiger partial charge in [-0.1, -0.05) is 25.6 Å². The Morgan fingerprint density at radius 3 is 2.33 bits per heavy atom. The maximum absolute atomic E-state index is 2.33. The highest BCUT2D eigenvalue weighted by Crippen LogP contribution is 2.43. The van der Waals surface area contributed by atoms with Gasteiger partial charge >= 0.3 is 0 Å². The molecule has 0 nitrogen and oxygen atoms in total. The molecule has 2 unspecified atom stereocenters. The molecule has 0 bridgehead atoms. The summed E-state index contributed by atoms with van der Waals surface area (Å²) in [6.45, 7) is 2.27. The van der Waals surface area contributed by atoms with E-state index in [4.69, 9.17) is 0 Å². The fraction of sp³-hybridized carbons (Fsp3) is 1.00. The standard InChI is InChI=1S/C5H11B/c1-2-4-3-5(4)6/h4-5H,2-3,6H2,1H3. The Hall–Kier alpha value is 0.0649. The molecule has 0 aromatic heterocycles. The maximum atomic E-state index is 2.33. The van der Waals surface area contributed by atoms with Crippen molar-refractivity contribution in [3.8, 4) is 0 Å². The van der Waals surface area contributed by atoms with Crippen LogP contribution in [0.1, 0.15) is 19.8 Å². The third kappa shape index (κ3) is 0.587. The lowest BCUT2D eigenvalue weighted by Crippen LogP contribution is -1.68. The van der Waals surface area contributed by atoms with Crippen molar-refractivity contribution >= 4 is 7.85 Å². The van der Waals surface area contributed by atoms with Crippen LogP contribution in [-0.2, 0) is 0 Å². The molecule has 1 aliphatic rings. The van der Waals surface area contributed by atoms with Crippen molar-refractivity contribution in [2.75, 3.05) is 0 Å². The van der Waals surface area contributed by atoms with E-state index < -0.39 is 0 Å². The highest BCUT2D eigenvalue weighted by molar-refractivity contribution is 6.13. The highest BCUT2D eigenvalue weighted by atomic mass is 14.3. The molecule has 0 aromatic rings. The normalized spacial score (nSPS) is 42.8. The van der Waals surface area contributed by atoms with Crippen LogP contribution in [0, 0.1) is 5.92 Å². The summed E-state index contributed by atoms with van der Waals surface area (Å²) in [5, 5.41) is 0. The average molecular weight is 82.0 g/mol. The van der Waals surface area contributed by atoms with Crippen LogP contribution in [0.25, 0.3) is 0 Å². The van der Waals surface area contributed by atoms with Gasteiger partial charge in [0.1, 0.15) is 7.85 Å². The van der Waals surface area contributed by atoms with Crippen LogP contribution < -0.4 is 0 Å². The summed E-state index contributed by atoms with van der Waals surface area (Å²) in [6, 6.07) is 0. The summed E-state index contributed by atoms with van der Waals surface area (Å²) in [5.74, 6) is 2.17. The molecule has 1 saturated carbocycles. The molecule has 0 aliphatic heterocycles. The van der Waals surface area contributed by atoms with Crippen LogP contribution in [0.3, 0.4) is 0 Å². The van der Waals surface area contributed by atoms with E-state index in [1.165, 1.54) is 12.8 Å². The van der Waals surface area contributed by atoms with E-state index >= 15 is 0 Å². The van der Waals surface area contributed by atoms with Crippen molar-refractivity contribution in [1.29, 1.82) is 0 Å². The number of hydrogen-bond acceptors (Lipinski definition) is 0. The molecule has 0 spiro atoms. The third-order valence-corrected chi connectivity index (χ3v) is 1.80. The second-order valence-corrected chi connectivity index (χ2v) is 2.38. The fourth-order valence-electron chi connectivity index (χ4n) is 0.968. The first kappa shape index (κ1) is 4.23. The van der Waals surface area contributed by atoms with Gasteiger partial charge in [0.05, 0.1) is 0 Å². The van der Waals surface area contributed by atoms with Gasteiger partial charge in [-0.2, -0.15) is 0 Å². The van der Waals surface area contributed by atoms with Gasteiger partial charge in [-0.05, 0) is 5.92 Å². The molecule has 0 amide bonds. The summed E-state index contributed by atoms with van der Waals surface area (Å²) in [5.41, 5.74) is 0. The summed E-state index contributed by atoms with van der Waals surface area (Å²) in [7, 11) is 2.33. The number of rotatable bonds is 1. The monoisotopic (exact) mass is 82.1 g/mol. The van der Waals surface area contributed by atoms with E-state index in [0.29, 0.717) is 0 Å². The van der Waals surface area contributed by atoms with Crippen LogP contribution in [-0.4, -0.2) is 7.85 Å². The van der Waals surface area contributed by atoms with Crippen molar-refractivity contribution in [1.82, 2.24) is 0 Å². The Morgan fingerprint density at radius 2 is 2.33 bits per heavy atom. The molecule has 34 valence electrons. The molecule has 1 heteroatoms. The SMILES string of the molecule is BC1CC1CC. The molecule has 0 radical (unpaired) electrons. The molecular formula is C5H11B. The van der Waals surface area contributed by atoms with Gasteiger partial charge in [-0.25, -0.2) is 0 Å². The lowest BCUT2D eigenvalue weighted by atomic mass is 10.00. The van der Waals surface area contributed by atoms with E-state index in [2.05, 4.69) is 14.8 Å². The predicted molar refractivity (Wildman–Crippen MR) is 30.7 cm³/mol. The summed E-state index contributed by atoms with van der Waals surface area (Å²) < 4.78 is 0. The van der Waals surface area contributed by atoms with Crippen LogP contribution in [0.5, 0.6) is 0 Å². The van der Waals surface area contributed by atoms with E-state index in [0.717, 1.165) is 11.7 Å². The Labute approximate surface area is 40.3 Å². The van der Waals surface area contributed by atoms with Gasteiger partial charge in [-0.3, -0.25) is 0 Å². The largest absolute Gasteiger partial charge is 0.105 e. The quantitative estimate of drug-likeness (QED) is 0.411. The predicted octanol–water partition coefficient (Wildman–Crippen LogP) is 0.838. The lowest BCUT2D eigenvalue weighted by molar-refractivity contribution is 0.799. The van der Waals surface area contributed by atoms with Crippen LogP contribution in [0.2, 0.25) is 5.82 Å². The Bertz CT molecular complexity index is 49.9. The molecule has 2 atom stereocenters. The zero-order valence-corrected chi connectivity index (χ0v) is 4.57. The lowest BCUT2D eigenvalue weighted by Gasteiger charge is -1.78. The molecule has 1 aliphatic carbocycles. The minimum absolute atomic E-state index is 1.06. The van der Waals surface area contributed by atoms with Crippen molar-refractivity contribution < 1.29 is 0 Å². The molecular weight excluding hydrogens is 70.9 g/mol. The van der Waals surface area contributed by atoms with E-state index in [9.17, 15) is 0 Å². The average Bonchev–Trinajstić information content (AvgIpc) is 2.19. The highest BCUT2D eigenvalue weighted by Gasteiger charge is 2.29. The second kappa shape index (κ2) is 1.29. The van der Waals surface area contributed by atoms with Gasteiger partial charge in [-0.15, -0.1) is 0 Å². The zero-order chi connectivity index (χ0) is 4.57. The van der Waals surface area contributed by atoms with Crippen molar-refractivity contribution in [3.63, 3.8) is 0 Å². The van der Waals surface area contributed by atoms with Gasteiger partial charge in [0.15, 0.2) is 0 Å². The van der Waals surface area contributed by atoms with Crippen LogP contribution in [0.15, 0.2) is 0 Å². The third-order valence-electron chi connectivity index (χ3n) is 1.80. The Kier molecular flexibility index (Phi) is 0.907.